The molecule has 0 amide bonds. The highest BCUT2D eigenvalue weighted by Gasteiger charge is 2.43. The summed E-state index contributed by atoms with van der Waals surface area (Å²) in [5.74, 6) is 1.92. The quantitative estimate of drug-likeness (QED) is 0.430. The molecule has 0 atom stereocenters. The summed E-state index contributed by atoms with van der Waals surface area (Å²) < 4.78 is 6.13. The number of ketones is 1. The van der Waals surface area contributed by atoms with Gasteiger partial charge in [-0.25, -0.2) is 0 Å². The summed E-state index contributed by atoms with van der Waals surface area (Å²) in [6.45, 7) is 5.30. The van der Waals surface area contributed by atoms with Crippen LogP contribution in [0.4, 0.5) is 0 Å². The van der Waals surface area contributed by atoms with Crippen molar-refractivity contribution >= 4 is 52.3 Å². The van der Waals surface area contributed by atoms with Crippen molar-refractivity contribution in [3.8, 4) is 5.75 Å². The van der Waals surface area contributed by atoms with Crippen molar-refractivity contribution in [2.24, 2.45) is 0 Å². The second-order valence-electron chi connectivity index (χ2n) is 8.16. The Morgan fingerprint density at radius 1 is 1.13 bits per heavy atom. The largest absolute Gasteiger partial charge is 0.492 e. The number of halogens is 3. The monoisotopic (exact) mass is 483 g/mol. The van der Waals surface area contributed by atoms with Crippen LogP contribution in [-0.2, 0) is 16.0 Å². The number of ether oxygens (including phenoxy) is 1. The van der Waals surface area contributed by atoms with Gasteiger partial charge in [0.15, 0.2) is 0 Å². The van der Waals surface area contributed by atoms with Crippen LogP contribution in [0.1, 0.15) is 37.3 Å². The molecule has 2 aromatic rings. The first kappa shape index (κ1) is 22.3. The lowest BCUT2D eigenvalue weighted by Gasteiger charge is -2.38. The molecule has 0 aliphatic carbocycles. The third kappa shape index (κ3) is 4.78. The number of carbonyl (C=O) groups is 1. The van der Waals surface area contributed by atoms with Gasteiger partial charge in [-0.3, -0.25) is 4.79 Å². The second-order valence-corrected chi connectivity index (χ2v) is 10.5. The molecule has 0 N–H and O–H groups in total. The third-order valence-corrected chi connectivity index (χ3v) is 8.02. The maximum Gasteiger partial charge on any atom is 0.131 e. The van der Waals surface area contributed by atoms with Crippen LogP contribution in [-0.4, -0.2) is 36.9 Å². The minimum Gasteiger partial charge on any atom is -0.492 e. The topological polar surface area (TPSA) is 29.5 Å². The van der Waals surface area contributed by atoms with Crippen LogP contribution in [0.25, 0.3) is 0 Å². The number of piperidine rings is 1. The lowest BCUT2D eigenvalue weighted by atomic mass is 9.74. The van der Waals surface area contributed by atoms with E-state index >= 15 is 0 Å². The first-order valence-electron chi connectivity index (χ1n) is 10.1. The number of rotatable bonds is 6. The van der Waals surface area contributed by atoms with Crippen LogP contribution in [0, 0.1) is 0 Å². The van der Waals surface area contributed by atoms with E-state index in [1.807, 2.05) is 0 Å². The van der Waals surface area contributed by atoms with Crippen LogP contribution in [0.2, 0.25) is 15.1 Å². The lowest BCUT2D eigenvalue weighted by Crippen LogP contribution is -2.44. The standard InChI is InChI=1S/C23H24Cl3NO2S/c1-15(28)4-7-27-8-5-23(6-9-27)14-29-22-12-17(2-3-19(22)23)30-13-18-20(25)10-16(24)11-21(18)26/h2-3,10-12H,4-9,13-14H2,1H3. The minimum absolute atomic E-state index is 0.105. The number of nitrogens with zero attached hydrogens (tertiary/aromatic N) is 1. The molecule has 1 spiro atoms. The normalized spacial score (nSPS) is 17.7. The number of carbonyl (C=O) groups excluding carboxylic acids is 1. The van der Waals surface area contributed by atoms with Gasteiger partial charge in [-0.05, 0) is 62.7 Å². The zero-order chi connectivity index (χ0) is 21.3. The van der Waals surface area contributed by atoms with Crippen molar-refractivity contribution in [2.75, 3.05) is 26.2 Å². The molecule has 1 saturated heterocycles. The van der Waals surface area contributed by atoms with E-state index in [-0.39, 0.29) is 11.2 Å². The van der Waals surface area contributed by atoms with Crippen molar-refractivity contribution in [1.29, 1.82) is 0 Å². The molecular weight excluding hydrogens is 461 g/mol. The Hall–Kier alpha value is -0.910. The molecule has 0 saturated carbocycles. The summed E-state index contributed by atoms with van der Waals surface area (Å²) in [6.07, 6.45) is 2.78. The van der Waals surface area contributed by atoms with Crippen LogP contribution < -0.4 is 4.74 Å². The maximum absolute atomic E-state index is 11.3. The third-order valence-electron chi connectivity index (χ3n) is 6.11. The Balaban J connectivity index is 1.41. The molecule has 7 heteroatoms. The van der Waals surface area contributed by atoms with E-state index in [0.717, 1.165) is 55.3 Å². The Morgan fingerprint density at radius 2 is 1.83 bits per heavy atom. The van der Waals surface area contributed by atoms with Crippen molar-refractivity contribution < 1.29 is 9.53 Å². The van der Waals surface area contributed by atoms with E-state index in [1.54, 1.807) is 30.8 Å². The molecule has 0 bridgehead atoms. The van der Waals surface area contributed by atoms with Crippen molar-refractivity contribution in [3.63, 3.8) is 0 Å². The zero-order valence-corrected chi connectivity index (χ0v) is 19.9. The number of Topliss-reactive ketones (excluding diaryl/α,β-unsaturated/α-hetero) is 1. The zero-order valence-electron chi connectivity index (χ0n) is 16.8. The van der Waals surface area contributed by atoms with Gasteiger partial charge >= 0.3 is 0 Å². The lowest BCUT2D eigenvalue weighted by molar-refractivity contribution is -0.117. The highest BCUT2D eigenvalue weighted by Crippen LogP contribution is 2.47. The Labute approximate surface area is 197 Å². The summed E-state index contributed by atoms with van der Waals surface area (Å²) in [5, 5.41) is 1.73. The first-order valence-corrected chi connectivity index (χ1v) is 12.2. The van der Waals surface area contributed by atoms with E-state index < -0.39 is 0 Å². The Bertz CT molecular complexity index is 934. The van der Waals surface area contributed by atoms with E-state index in [4.69, 9.17) is 39.5 Å². The summed E-state index contributed by atoms with van der Waals surface area (Å²) in [5.41, 5.74) is 2.32. The molecule has 30 heavy (non-hydrogen) atoms. The highest BCUT2D eigenvalue weighted by atomic mass is 35.5. The van der Waals surface area contributed by atoms with Gasteiger partial charge in [-0.2, -0.15) is 0 Å². The predicted molar refractivity (Wildman–Crippen MR) is 126 cm³/mol. The van der Waals surface area contributed by atoms with E-state index in [9.17, 15) is 4.79 Å². The molecule has 0 aromatic heterocycles. The van der Waals surface area contributed by atoms with E-state index in [2.05, 4.69) is 23.1 Å². The highest BCUT2D eigenvalue weighted by molar-refractivity contribution is 7.98. The van der Waals surface area contributed by atoms with E-state index in [1.165, 1.54) is 5.56 Å². The number of hydrogen-bond acceptors (Lipinski definition) is 4. The van der Waals surface area contributed by atoms with Gasteiger partial charge in [-0.15, -0.1) is 11.8 Å². The van der Waals surface area contributed by atoms with E-state index in [0.29, 0.717) is 27.2 Å². The fraction of sp³-hybridized carbons (Fsp3) is 0.435. The number of thioether (sulfide) groups is 1. The average molecular weight is 485 g/mol. The molecule has 1 fully saturated rings. The maximum atomic E-state index is 11.3. The summed E-state index contributed by atoms with van der Waals surface area (Å²) >= 11 is 20.3. The Kier molecular flexibility index (Phi) is 6.91. The second kappa shape index (κ2) is 9.30. The fourth-order valence-corrected chi connectivity index (χ4v) is 6.33. The van der Waals surface area contributed by atoms with Gasteiger partial charge < -0.3 is 9.64 Å². The van der Waals surface area contributed by atoms with Crippen molar-refractivity contribution in [3.05, 3.63) is 56.5 Å². The molecular formula is C23H24Cl3NO2S. The molecule has 2 aliphatic heterocycles. The fourth-order valence-electron chi connectivity index (χ4n) is 4.24. The molecule has 2 aliphatic rings. The van der Waals surface area contributed by atoms with Crippen molar-refractivity contribution in [1.82, 2.24) is 4.90 Å². The molecule has 0 radical (unpaired) electrons. The summed E-state index contributed by atoms with van der Waals surface area (Å²) in [7, 11) is 0. The Morgan fingerprint density at radius 3 is 2.50 bits per heavy atom. The number of fused-ring (bicyclic) bond motifs is 2. The van der Waals surface area contributed by atoms with Crippen LogP contribution in [0.3, 0.4) is 0 Å². The van der Waals surface area contributed by atoms with Gasteiger partial charge in [0.05, 0.1) is 6.61 Å². The van der Waals surface area contributed by atoms with Crippen LogP contribution in [0.15, 0.2) is 35.2 Å². The number of hydrogen-bond donors (Lipinski definition) is 0. The SMILES string of the molecule is CC(=O)CCN1CCC2(CC1)COc1cc(SCc3c(Cl)cc(Cl)cc3Cl)ccc12. The van der Waals surface area contributed by atoms with Crippen molar-refractivity contribution in [2.45, 2.75) is 42.2 Å². The smallest absolute Gasteiger partial charge is 0.131 e. The summed E-state index contributed by atoms with van der Waals surface area (Å²) in [4.78, 5) is 14.8. The van der Waals surface area contributed by atoms with Gasteiger partial charge in [0, 0.05) is 49.7 Å². The molecule has 4 rings (SSSR count). The molecule has 0 unspecified atom stereocenters. The summed E-state index contributed by atoms with van der Waals surface area (Å²) in [6, 6.07) is 9.97. The van der Waals surface area contributed by atoms with Crippen LogP contribution in [0.5, 0.6) is 5.75 Å². The molecule has 160 valence electrons. The first-order chi connectivity index (χ1) is 14.4. The minimum atomic E-state index is 0.105. The number of benzene rings is 2. The molecule has 2 aromatic carbocycles. The van der Waals surface area contributed by atoms with Gasteiger partial charge in [0.25, 0.3) is 0 Å². The van der Waals surface area contributed by atoms with Crippen LogP contribution >= 0.6 is 46.6 Å². The average Bonchev–Trinajstić information content (AvgIpc) is 3.04. The van der Waals surface area contributed by atoms with Gasteiger partial charge in [-0.1, -0.05) is 40.9 Å². The molecule has 2 heterocycles. The van der Waals surface area contributed by atoms with Gasteiger partial charge in [0.1, 0.15) is 11.5 Å². The molecule has 3 nitrogen and oxygen atoms in total. The van der Waals surface area contributed by atoms with Gasteiger partial charge in [0.2, 0.25) is 0 Å². The predicted octanol–water partition coefficient (Wildman–Crippen LogP) is 6.64. The number of likely N-dealkylation sites (tertiary alicyclic amines) is 1.